The molecular weight excluding hydrogens is 278 g/mol. The molecule has 2 atom stereocenters. The van der Waals surface area contributed by atoms with Gasteiger partial charge in [0.1, 0.15) is 6.10 Å². The molecule has 0 heterocycles. The van der Waals surface area contributed by atoms with Crippen molar-refractivity contribution in [2.24, 2.45) is 0 Å². The number of halogens is 1. The van der Waals surface area contributed by atoms with E-state index < -0.39 is 18.2 Å². The van der Waals surface area contributed by atoms with Crippen molar-refractivity contribution < 1.29 is 19.7 Å². The van der Waals surface area contributed by atoms with Gasteiger partial charge in [0.2, 0.25) is 0 Å². The van der Waals surface area contributed by atoms with E-state index in [0.29, 0.717) is 10.2 Å². The fourth-order valence-corrected chi connectivity index (χ4v) is 1.60. The molecule has 0 bridgehead atoms. The van der Waals surface area contributed by atoms with Crippen LogP contribution in [0.4, 0.5) is 5.69 Å². The summed E-state index contributed by atoms with van der Waals surface area (Å²) in [6.07, 6.45) is -3.06. The van der Waals surface area contributed by atoms with Gasteiger partial charge >= 0.3 is 5.97 Å². The molecule has 0 aliphatic carbocycles. The summed E-state index contributed by atoms with van der Waals surface area (Å²) >= 11 is 3.20. The number of nitrogens with two attached hydrogens (primary N) is 1. The molecule has 2 unspecified atom stereocenters. The van der Waals surface area contributed by atoms with Crippen LogP contribution in [-0.4, -0.2) is 29.4 Å². The van der Waals surface area contributed by atoms with Gasteiger partial charge in [0.15, 0.2) is 6.10 Å². The lowest BCUT2D eigenvalue weighted by Crippen LogP contribution is -2.29. The van der Waals surface area contributed by atoms with Crippen LogP contribution in [0.1, 0.15) is 11.7 Å². The van der Waals surface area contributed by atoms with E-state index in [2.05, 4.69) is 20.7 Å². The number of esters is 1. The molecular formula is C10H12BrNO4. The van der Waals surface area contributed by atoms with Crippen LogP contribution in [0.15, 0.2) is 22.7 Å². The molecule has 0 saturated heterocycles. The van der Waals surface area contributed by atoms with Gasteiger partial charge in [-0.3, -0.25) is 0 Å². The molecule has 1 rings (SSSR count). The third kappa shape index (κ3) is 2.72. The number of benzene rings is 1. The van der Waals surface area contributed by atoms with Crippen molar-refractivity contribution >= 4 is 27.6 Å². The van der Waals surface area contributed by atoms with Crippen molar-refractivity contribution in [2.75, 3.05) is 12.8 Å². The molecule has 1 aromatic rings. The van der Waals surface area contributed by atoms with Gasteiger partial charge in [-0.1, -0.05) is 15.9 Å². The van der Waals surface area contributed by atoms with Gasteiger partial charge < -0.3 is 20.7 Å². The van der Waals surface area contributed by atoms with Gasteiger partial charge in [0.05, 0.1) is 7.11 Å². The summed E-state index contributed by atoms with van der Waals surface area (Å²) in [4.78, 5) is 11.0. The third-order valence-electron chi connectivity index (χ3n) is 2.11. The minimum Gasteiger partial charge on any atom is -0.467 e. The maximum absolute atomic E-state index is 11.0. The molecule has 4 N–H and O–H groups in total. The molecule has 0 aliphatic heterocycles. The minimum absolute atomic E-state index is 0.271. The second kappa shape index (κ2) is 5.29. The molecule has 0 spiro atoms. The summed E-state index contributed by atoms with van der Waals surface area (Å²) < 4.78 is 5.01. The highest BCUT2D eigenvalue weighted by molar-refractivity contribution is 9.10. The molecule has 0 aliphatic rings. The van der Waals surface area contributed by atoms with E-state index in [9.17, 15) is 15.0 Å². The standard InChI is InChI=1S/C10H12BrNO4/c1-16-10(15)9(14)8(13)6-4-5(11)2-3-7(6)12/h2-4,8-9,13-14H,12H2,1H3. The summed E-state index contributed by atoms with van der Waals surface area (Å²) in [6.45, 7) is 0. The van der Waals surface area contributed by atoms with Crippen LogP contribution in [0, 0.1) is 0 Å². The zero-order chi connectivity index (χ0) is 12.3. The summed E-state index contributed by atoms with van der Waals surface area (Å²) in [5.41, 5.74) is 6.19. The summed E-state index contributed by atoms with van der Waals surface area (Å²) in [7, 11) is 1.13. The second-order valence-corrected chi connectivity index (χ2v) is 4.10. The van der Waals surface area contributed by atoms with Crippen molar-refractivity contribution in [1.29, 1.82) is 0 Å². The van der Waals surface area contributed by atoms with Crippen LogP contribution < -0.4 is 5.73 Å². The predicted octanol–water partition coefficient (Wildman–Crippen LogP) is 0.599. The zero-order valence-corrected chi connectivity index (χ0v) is 10.1. The first-order valence-electron chi connectivity index (χ1n) is 4.46. The van der Waals surface area contributed by atoms with Crippen molar-refractivity contribution in [3.8, 4) is 0 Å². The van der Waals surface area contributed by atoms with E-state index in [-0.39, 0.29) is 5.56 Å². The van der Waals surface area contributed by atoms with E-state index in [1.54, 1.807) is 12.1 Å². The Hall–Kier alpha value is -1.11. The van der Waals surface area contributed by atoms with Crippen LogP contribution in [-0.2, 0) is 9.53 Å². The molecule has 5 nitrogen and oxygen atoms in total. The van der Waals surface area contributed by atoms with Gasteiger partial charge in [-0.25, -0.2) is 4.79 Å². The number of anilines is 1. The summed E-state index contributed by atoms with van der Waals surface area (Å²) in [5, 5.41) is 19.2. The lowest BCUT2D eigenvalue weighted by Gasteiger charge is -2.17. The maximum Gasteiger partial charge on any atom is 0.337 e. The van der Waals surface area contributed by atoms with Crippen LogP contribution >= 0.6 is 15.9 Å². The van der Waals surface area contributed by atoms with Crippen molar-refractivity contribution in [1.82, 2.24) is 0 Å². The van der Waals surface area contributed by atoms with Gasteiger partial charge in [0, 0.05) is 15.7 Å². The van der Waals surface area contributed by atoms with E-state index >= 15 is 0 Å². The summed E-state index contributed by atoms with van der Waals surface area (Å²) in [5.74, 6) is -0.910. The van der Waals surface area contributed by atoms with Crippen molar-refractivity contribution in [2.45, 2.75) is 12.2 Å². The van der Waals surface area contributed by atoms with Crippen LogP contribution in [0.25, 0.3) is 0 Å². The average molecular weight is 290 g/mol. The normalized spacial score (nSPS) is 14.2. The number of rotatable bonds is 3. The highest BCUT2D eigenvalue weighted by Gasteiger charge is 2.27. The number of nitrogen functional groups attached to an aromatic ring is 1. The zero-order valence-electron chi connectivity index (χ0n) is 8.55. The Morgan fingerprint density at radius 3 is 2.69 bits per heavy atom. The quantitative estimate of drug-likeness (QED) is 0.560. The summed E-state index contributed by atoms with van der Waals surface area (Å²) in [6, 6.07) is 4.79. The van der Waals surface area contributed by atoms with Crippen LogP contribution in [0.2, 0.25) is 0 Å². The maximum atomic E-state index is 11.0. The smallest absolute Gasteiger partial charge is 0.337 e. The van der Waals surface area contributed by atoms with Gasteiger partial charge in [-0.05, 0) is 18.2 Å². The third-order valence-corrected chi connectivity index (χ3v) is 2.60. The lowest BCUT2D eigenvalue weighted by molar-refractivity contribution is -0.156. The van der Waals surface area contributed by atoms with Crippen LogP contribution in [0.5, 0.6) is 0 Å². The molecule has 6 heteroatoms. The number of methoxy groups -OCH3 is 1. The Morgan fingerprint density at radius 1 is 1.50 bits per heavy atom. The lowest BCUT2D eigenvalue weighted by atomic mass is 10.0. The van der Waals surface area contributed by atoms with Crippen molar-refractivity contribution in [3.05, 3.63) is 28.2 Å². The highest BCUT2D eigenvalue weighted by atomic mass is 79.9. The van der Waals surface area contributed by atoms with Gasteiger partial charge in [0.25, 0.3) is 0 Å². The topological polar surface area (TPSA) is 92.8 Å². The number of ether oxygens (including phenoxy) is 1. The predicted molar refractivity (Wildman–Crippen MR) is 61.5 cm³/mol. The minimum atomic E-state index is -1.65. The largest absolute Gasteiger partial charge is 0.467 e. The first-order valence-corrected chi connectivity index (χ1v) is 5.25. The van der Waals surface area contributed by atoms with Crippen molar-refractivity contribution in [3.63, 3.8) is 0 Å². The van der Waals surface area contributed by atoms with E-state index in [0.717, 1.165) is 7.11 Å². The van der Waals surface area contributed by atoms with E-state index in [1.165, 1.54) is 6.07 Å². The average Bonchev–Trinajstić information content (AvgIpc) is 2.29. The Balaban J connectivity index is 2.99. The number of hydrogen-bond acceptors (Lipinski definition) is 5. The number of carbonyl (C=O) groups excluding carboxylic acids is 1. The first kappa shape index (κ1) is 13.0. The van der Waals surface area contributed by atoms with Gasteiger partial charge in [-0.15, -0.1) is 0 Å². The molecule has 0 radical (unpaired) electrons. The molecule has 0 aromatic heterocycles. The molecule has 0 amide bonds. The Kier molecular flexibility index (Phi) is 4.28. The fraction of sp³-hybridized carbons (Fsp3) is 0.300. The Bertz CT molecular complexity index is 396. The number of carbonyl (C=O) groups is 1. The fourth-order valence-electron chi connectivity index (χ4n) is 1.22. The van der Waals surface area contributed by atoms with E-state index in [1.807, 2.05) is 0 Å². The molecule has 0 saturated carbocycles. The first-order chi connectivity index (χ1) is 7.47. The highest BCUT2D eigenvalue weighted by Crippen LogP contribution is 2.26. The Morgan fingerprint density at radius 2 is 2.12 bits per heavy atom. The number of hydrogen-bond donors (Lipinski definition) is 3. The molecule has 0 fully saturated rings. The molecule has 16 heavy (non-hydrogen) atoms. The van der Waals surface area contributed by atoms with E-state index in [4.69, 9.17) is 5.73 Å². The van der Waals surface area contributed by atoms with Gasteiger partial charge in [-0.2, -0.15) is 0 Å². The van der Waals surface area contributed by atoms with Crippen LogP contribution in [0.3, 0.4) is 0 Å². The Labute approximate surface area is 101 Å². The number of aliphatic hydroxyl groups is 2. The molecule has 88 valence electrons. The SMILES string of the molecule is COC(=O)C(O)C(O)c1cc(Br)ccc1N. The second-order valence-electron chi connectivity index (χ2n) is 3.19. The monoisotopic (exact) mass is 289 g/mol. The number of aliphatic hydroxyl groups excluding tert-OH is 2. The molecule has 1 aromatic carbocycles.